The fourth-order valence-corrected chi connectivity index (χ4v) is 3.24. The molecule has 1 aliphatic heterocycles. The van der Waals surface area contributed by atoms with Gasteiger partial charge in [0.25, 0.3) is 5.91 Å². The van der Waals surface area contributed by atoms with Gasteiger partial charge < -0.3 is 15.3 Å². The van der Waals surface area contributed by atoms with Crippen LogP contribution in [0.5, 0.6) is 0 Å². The fraction of sp³-hybridized carbons (Fsp3) is 0.182. The number of carbonyl (C=O) groups excluding carboxylic acids is 1. The smallest absolute Gasteiger partial charge is 0.350 e. The third-order valence-electron chi connectivity index (χ3n) is 4.93. The molecule has 0 aromatic heterocycles. The molecule has 0 spiro atoms. The van der Waals surface area contributed by atoms with Crippen molar-refractivity contribution in [2.75, 3.05) is 0 Å². The average molecular weight is 414 g/mol. The summed E-state index contributed by atoms with van der Waals surface area (Å²) in [4.78, 5) is 16.8. The first-order chi connectivity index (χ1) is 14.3. The second-order valence-corrected chi connectivity index (χ2v) is 6.99. The topological polar surface area (TPSA) is 70.9 Å². The number of hydrogen-bond donors (Lipinski definition) is 2. The molecule has 1 amide bonds. The SMILES string of the molecule is O=C(NCc1ccc(C2=NOC(O)(C(F)(F)F)C2)cc1)c1cccc2ccccc12. The van der Waals surface area contributed by atoms with Gasteiger partial charge in [-0.1, -0.05) is 65.8 Å². The number of alkyl halides is 3. The molecule has 1 aliphatic rings. The van der Waals surface area contributed by atoms with Gasteiger partial charge in [0.05, 0.1) is 12.1 Å². The molecule has 30 heavy (non-hydrogen) atoms. The number of rotatable bonds is 4. The van der Waals surface area contributed by atoms with Crippen molar-refractivity contribution in [3.05, 3.63) is 83.4 Å². The number of oxime groups is 1. The summed E-state index contributed by atoms with van der Waals surface area (Å²) in [5.41, 5.74) is 1.73. The zero-order valence-corrected chi connectivity index (χ0v) is 15.6. The maximum atomic E-state index is 12.8. The first kappa shape index (κ1) is 19.9. The molecule has 1 atom stereocenters. The summed E-state index contributed by atoms with van der Waals surface area (Å²) in [5, 5.41) is 17.6. The molecule has 2 N–H and O–H groups in total. The Balaban J connectivity index is 1.42. The van der Waals surface area contributed by atoms with Crippen LogP contribution >= 0.6 is 0 Å². The molecule has 3 aromatic carbocycles. The lowest BCUT2D eigenvalue weighted by Gasteiger charge is -2.22. The largest absolute Gasteiger partial charge is 0.458 e. The monoisotopic (exact) mass is 414 g/mol. The summed E-state index contributed by atoms with van der Waals surface area (Å²) in [6.45, 7) is 0.248. The molecule has 0 aliphatic carbocycles. The summed E-state index contributed by atoms with van der Waals surface area (Å²) in [7, 11) is 0. The Labute approximate surface area is 169 Å². The van der Waals surface area contributed by atoms with E-state index in [2.05, 4.69) is 15.3 Å². The van der Waals surface area contributed by atoms with Crippen LogP contribution in [0.2, 0.25) is 0 Å². The van der Waals surface area contributed by atoms with E-state index >= 15 is 0 Å². The number of benzene rings is 3. The van der Waals surface area contributed by atoms with Crippen LogP contribution in [-0.2, 0) is 11.4 Å². The summed E-state index contributed by atoms with van der Waals surface area (Å²) in [6.07, 6.45) is -5.72. The van der Waals surface area contributed by atoms with Crippen LogP contribution in [-0.4, -0.2) is 28.7 Å². The Morgan fingerprint density at radius 2 is 1.77 bits per heavy atom. The highest BCUT2D eigenvalue weighted by molar-refractivity contribution is 6.07. The van der Waals surface area contributed by atoms with E-state index in [1.54, 1.807) is 30.3 Å². The number of hydrogen-bond acceptors (Lipinski definition) is 4. The molecule has 1 heterocycles. The third-order valence-corrected chi connectivity index (χ3v) is 4.93. The standard InChI is InChI=1S/C22H17F3N2O3/c23-22(24,25)21(29)12-19(27-30-21)16-10-8-14(9-11-16)13-26-20(28)18-7-3-5-15-4-1-2-6-17(15)18/h1-11,29H,12-13H2,(H,26,28). The third kappa shape index (κ3) is 3.73. The van der Waals surface area contributed by atoms with E-state index in [-0.39, 0.29) is 18.2 Å². The highest BCUT2D eigenvalue weighted by Crippen LogP contribution is 2.38. The maximum Gasteiger partial charge on any atom is 0.458 e. The minimum Gasteiger partial charge on any atom is -0.350 e. The predicted octanol–water partition coefficient (Wildman–Crippen LogP) is 4.15. The summed E-state index contributed by atoms with van der Waals surface area (Å²) in [5.74, 6) is -3.52. The van der Waals surface area contributed by atoms with Crippen molar-refractivity contribution in [3.8, 4) is 0 Å². The van der Waals surface area contributed by atoms with Gasteiger partial charge in [-0.2, -0.15) is 13.2 Å². The molecule has 8 heteroatoms. The second kappa shape index (κ2) is 7.46. The van der Waals surface area contributed by atoms with E-state index in [0.717, 1.165) is 16.3 Å². The predicted molar refractivity (Wildman–Crippen MR) is 105 cm³/mol. The van der Waals surface area contributed by atoms with Crippen LogP contribution in [0, 0.1) is 0 Å². The van der Waals surface area contributed by atoms with Crippen LogP contribution in [0.25, 0.3) is 10.8 Å². The van der Waals surface area contributed by atoms with Gasteiger partial charge in [-0.15, -0.1) is 0 Å². The maximum absolute atomic E-state index is 12.8. The zero-order valence-electron chi connectivity index (χ0n) is 15.6. The van der Waals surface area contributed by atoms with E-state index in [9.17, 15) is 23.1 Å². The number of amides is 1. The quantitative estimate of drug-likeness (QED) is 0.674. The van der Waals surface area contributed by atoms with Gasteiger partial charge in [-0.25, -0.2) is 0 Å². The Morgan fingerprint density at radius 1 is 1.07 bits per heavy atom. The van der Waals surface area contributed by atoms with Gasteiger partial charge >= 0.3 is 12.0 Å². The van der Waals surface area contributed by atoms with Crippen LogP contribution in [0.1, 0.15) is 27.9 Å². The lowest BCUT2D eigenvalue weighted by molar-refractivity contribution is -0.355. The summed E-state index contributed by atoms with van der Waals surface area (Å²) in [6, 6.07) is 19.6. The first-order valence-electron chi connectivity index (χ1n) is 9.16. The number of halogens is 3. The van der Waals surface area contributed by atoms with E-state index in [1.807, 2.05) is 36.4 Å². The van der Waals surface area contributed by atoms with Crippen LogP contribution < -0.4 is 5.32 Å². The average Bonchev–Trinajstić information content (AvgIpc) is 3.15. The molecule has 154 valence electrons. The normalized spacial score (nSPS) is 18.7. The molecule has 0 radical (unpaired) electrons. The molecule has 1 unspecified atom stereocenters. The zero-order chi connectivity index (χ0) is 21.4. The molecule has 0 saturated carbocycles. The number of aliphatic hydroxyl groups is 1. The van der Waals surface area contributed by atoms with Crippen molar-refractivity contribution in [3.63, 3.8) is 0 Å². The van der Waals surface area contributed by atoms with E-state index in [0.29, 0.717) is 11.1 Å². The van der Waals surface area contributed by atoms with Crippen molar-refractivity contribution in [2.24, 2.45) is 5.16 Å². The van der Waals surface area contributed by atoms with Crippen LogP contribution in [0.3, 0.4) is 0 Å². The van der Waals surface area contributed by atoms with Crippen LogP contribution in [0.4, 0.5) is 13.2 Å². The van der Waals surface area contributed by atoms with Crippen molar-refractivity contribution in [2.45, 2.75) is 24.9 Å². The van der Waals surface area contributed by atoms with Crippen molar-refractivity contribution in [1.82, 2.24) is 5.32 Å². The molecule has 5 nitrogen and oxygen atoms in total. The Bertz CT molecular complexity index is 1120. The lowest BCUT2D eigenvalue weighted by Crippen LogP contribution is -2.45. The number of carbonyl (C=O) groups is 1. The van der Waals surface area contributed by atoms with Gasteiger partial charge in [0.1, 0.15) is 0 Å². The van der Waals surface area contributed by atoms with Gasteiger partial charge in [0.15, 0.2) is 0 Å². The summed E-state index contributed by atoms with van der Waals surface area (Å²) >= 11 is 0. The van der Waals surface area contributed by atoms with E-state index in [1.165, 1.54) is 0 Å². The number of nitrogens with one attached hydrogen (secondary N) is 1. The molecule has 4 rings (SSSR count). The van der Waals surface area contributed by atoms with Crippen molar-refractivity contribution in [1.29, 1.82) is 0 Å². The molecular formula is C22H17F3N2O3. The minimum atomic E-state index is -4.94. The summed E-state index contributed by atoms with van der Waals surface area (Å²) < 4.78 is 38.5. The van der Waals surface area contributed by atoms with Gasteiger partial charge in [-0.3, -0.25) is 4.79 Å². The second-order valence-electron chi connectivity index (χ2n) is 6.99. The Morgan fingerprint density at radius 3 is 2.47 bits per heavy atom. The van der Waals surface area contributed by atoms with Gasteiger partial charge in [0.2, 0.25) is 0 Å². The van der Waals surface area contributed by atoms with E-state index < -0.39 is 18.4 Å². The van der Waals surface area contributed by atoms with Crippen molar-refractivity contribution >= 4 is 22.4 Å². The number of nitrogens with zero attached hydrogens (tertiary/aromatic N) is 1. The fourth-order valence-electron chi connectivity index (χ4n) is 3.24. The van der Waals surface area contributed by atoms with Gasteiger partial charge in [0, 0.05) is 12.1 Å². The Kier molecular flexibility index (Phi) is 4.95. The molecule has 0 fully saturated rings. The highest BCUT2D eigenvalue weighted by Gasteiger charge is 2.60. The Hall–Kier alpha value is -3.39. The van der Waals surface area contributed by atoms with E-state index in [4.69, 9.17) is 0 Å². The molecule has 3 aromatic rings. The highest BCUT2D eigenvalue weighted by atomic mass is 19.4. The molecule has 0 saturated heterocycles. The lowest BCUT2D eigenvalue weighted by atomic mass is 10.0. The first-order valence-corrected chi connectivity index (χ1v) is 9.16. The van der Waals surface area contributed by atoms with Crippen LogP contribution in [0.15, 0.2) is 71.9 Å². The van der Waals surface area contributed by atoms with Gasteiger partial charge in [-0.05, 0) is 28.0 Å². The molecular weight excluding hydrogens is 397 g/mol. The minimum absolute atomic E-state index is 0.00108. The molecule has 0 bridgehead atoms. The number of fused-ring (bicyclic) bond motifs is 1. The van der Waals surface area contributed by atoms with Crippen molar-refractivity contribution < 1.29 is 27.9 Å².